The average molecular weight is 306 g/mol. The minimum absolute atomic E-state index is 0.391. The molecule has 1 amide bonds. The van der Waals surface area contributed by atoms with Crippen molar-refractivity contribution in [2.24, 2.45) is 5.73 Å². The van der Waals surface area contributed by atoms with Gasteiger partial charge in [0.15, 0.2) is 5.16 Å². The third-order valence-corrected chi connectivity index (χ3v) is 4.18. The highest BCUT2D eigenvalue weighted by Gasteiger charge is 2.21. The summed E-state index contributed by atoms with van der Waals surface area (Å²) in [5.74, 6) is -0.391. The number of hydrogen-bond acceptors (Lipinski definition) is 5. The number of hydrogen-bond donors (Lipinski definition) is 1. The van der Waals surface area contributed by atoms with Gasteiger partial charge in [-0.15, -0.1) is 10.2 Å². The van der Waals surface area contributed by atoms with Gasteiger partial charge in [0.1, 0.15) is 11.6 Å². The van der Waals surface area contributed by atoms with Gasteiger partial charge >= 0.3 is 0 Å². The molecule has 0 saturated heterocycles. The first-order chi connectivity index (χ1) is 10.2. The van der Waals surface area contributed by atoms with Crippen molar-refractivity contribution < 1.29 is 9.53 Å². The Balaban J connectivity index is 2.11. The molecule has 1 atom stereocenters. The first kappa shape index (κ1) is 15.5. The van der Waals surface area contributed by atoms with Gasteiger partial charge in [0.2, 0.25) is 5.91 Å². The number of carbonyl (C=O) groups excluding carboxylic acids is 1. The predicted octanol–water partition coefficient (Wildman–Crippen LogP) is 1.63. The molecule has 0 aliphatic heterocycles. The molecule has 0 fully saturated rings. The maximum atomic E-state index is 11.7. The number of aryl methyl sites for hydroxylation is 1. The molecule has 6 nitrogen and oxygen atoms in total. The molecule has 0 bridgehead atoms. The fourth-order valence-electron chi connectivity index (χ4n) is 1.89. The number of aromatic nitrogens is 3. The zero-order valence-electron chi connectivity index (χ0n) is 11.8. The van der Waals surface area contributed by atoms with Crippen LogP contribution in [-0.4, -0.2) is 34.4 Å². The highest BCUT2D eigenvalue weighted by Crippen LogP contribution is 2.33. The Morgan fingerprint density at radius 2 is 2.19 bits per heavy atom. The first-order valence-electron chi connectivity index (χ1n) is 6.60. The Morgan fingerprint density at radius 3 is 2.86 bits per heavy atom. The fourth-order valence-corrected chi connectivity index (χ4v) is 2.88. The smallest absolute Gasteiger partial charge is 0.235 e. The van der Waals surface area contributed by atoms with Gasteiger partial charge in [-0.25, -0.2) is 0 Å². The number of benzene rings is 1. The van der Waals surface area contributed by atoms with E-state index in [1.807, 2.05) is 34.9 Å². The SMILES string of the molecule is COCCCn1cnnc1S[C@H](C(N)=O)c1ccccc1. The molecule has 2 aromatic rings. The van der Waals surface area contributed by atoms with Gasteiger partial charge in [0.25, 0.3) is 0 Å². The van der Waals surface area contributed by atoms with Crippen LogP contribution in [0.5, 0.6) is 0 Å². The number of rotatable bonds is 8. The van der Waals surface area contributed by atoms with E-state index in [4.69, 9.17) is 10.5 Å². The van der Waals surface area contributed by atoms with Crippen LogP contribution >= 0.6 is 11.8 Å². The van der Waals surface area contributed by atoms with Crippen molar-refractivity contribution in [2.75, 3.05) is 13.7 Å². The van der Waals surface area contributed by atoms with Crippen LogP contribution < -0.4 is 5.73 Å². The lowest BCUT2D eigenvalue weighted by molar-refractivity contribution is -0.117. The molecular formula is C14H18N4O2S. The summed E-state index contributed by atoms with van der Waals surface area (Å²) in [5, 5.41) is 8.18. The molecule has 0 spiro atoms. The van der Waals surface area contributed by atoms with Crippen LogP contribution in [0, 0.1) is 0 Å². The van der Waals surface area contributed by atoms with E-state index in [1.165, 1.54) is 11.8 Å². The molecule has 0 unspecified atom stereocenters. The normalized spacial score (nSPS) is 12.2. The summed E-state index contributed by atoms with van der Waals surface area (Å²) in [5.41, 5.74) is 6.38. The molecule has 2 N–H and O–H groups in total. The van der Waals surface area contributed by atoms with Gasteiger partial charge in [0, 0.05) is 20.3 Å². The van der Waals surface area contributed by atoms with E-state index in [0.717, 1.165) is 18.5 Å². The number of methoxy groups -OCH3 is 1. The Hall–Kier alpha value is -1.86. The fraction of sp³-hybridized carbons (Fsp3) is 0.357. The molecule has 0 aliphatic carbocycles. The lowest BCUT2D eigenvalue weighted by Crippen LogP contribution is -2.19. The van der Waals surface area contributed by atoms with Crippen LogP contribution in [0.3, 0.4) is 0 Å². The summed E-state index contributed by atoms with van der Waals surface area (Å²) in [7, 11) is 1.67. The monoisotopic (exact) mass is 306 g/mol. The molecule has 1 aromatic carbocycles. The van der Waals surface area contributed by atoms with E-state index in [9.17, 15) is 4.79 Å². The second-order valence-electron chi connectivity index (χ2n) is 4.46. The van der Waals surface area contributed by atoms with Crippen molar-refractivity contribution in [3.05, 3.63) is 42.2 Å². The van der Waals surface area contributed by atoms with Crippen LogP contribution in [0.2, 0.25) is 0 Å². The van der Waals surface area contributed by atoms with Crippen LogP contribution in [-0.2, 0) is 16.1 Å². The van der Waals surface area contributed by atoms with Gasteiger partial charge in [-0.3, -0.25) is 4.79 Å². The lowest BCUT2D eigenvalue weighted by Gasteiger charge is -2.13. The first-order valence-corrected chi connectivity index (χ1v) is 7.48. The summed E-state index contributed by atoms with van der Waals surface area (Å²) in [6.45, 7) is 1.41. The van der Waals surface area contributed by atoms with Crippen molar-refractivity contribution >= 4 is 17.7 Å². The second-order valence-corrected chi connectivity index (χ2v) is 5.54. The Labute approximate surface area is 127 Å². The highest BCUT2D eigenvalue weighted by molar-refractivity contribution is 8.00. The zero-order chi connectivity index (χ0) is 15.1. The lowest BCUT2D eigenvalue weighted by atomic mass is 10.1. The Kier molecular flexibility index (Phi) is 5.77. The van der Waals surface area contributed by atoms with E-state index in [-0.39, 0.29) is 0 Å². The van der Waals surface area contributed by atoms with Crippen molar-refractivity contribution in [1.29, 1.82) is 0 Å². The molecule has 0 saturated carbocycles. The Bertz CT molecular complexity index is 573. The number of primary amides is 1. The number of ether oxygens (including phenoxy) is 1. The van der Waals surface area contributed by atoms with E-state index in [1.54, 1.807) is 13.4 Å². The summed E-state index contributed by atoms with van der Waals surface area (Å²) in [4.78, 5) is 11.7. The molecule has 1 heterocycles. The number of nitrogens with zero attached hydrogens (tertiary/aromatic N) is 3. The van der Waals surface area contributed by atoms with Crippen LogP contribution in [0.25, 0.3) is 0 Å². The summed E-state index contributed by atoms with van der Waals surface area (Å²) < 4.78 is 6.94. The van der Waals surface area contributed by atoms with Gasteiger partial charge in [-0.1, -0.05) is 42.1 Å². The Morgan fingerprint density at radius 1 is 1.43 bits per heavy atom. The number of nitrogens with two attached hydrogens (primary N) is 1. The highest BCUT2D eigenvalue weighted by atomic mass is 32.2. The summed E-state index contributed by atoms with van der Waals surface area (Å²) in [6.07, 6.45) is 2.51. The maximum Gasteiger partial charge on any atom is 0.235 e. The maximum absolute atomic E-state index is 11.7. The van der Waals surface area contributed by atoms with Crippen LogP contribution in [0.1, 0.15) is 17.2 Å². The largest absolute Gasteiger partial charge is 0.385 e. The summed E-state index contributed by atoms with van der Waals surface area (Å²) in [6, 6.07) is 9.44. The molecule has 0 radical (unpaired) electrons. The van der Waals surface area contributed by atoms with Gasteiger partial charge in [-0.2, -0.15) is 0 Å². The van der Waals surface area contributed by atoms with Gasteiger partial charge < -0.3 is 15.0 Å². The zero-order valence-corrected chi connectivity index (χ0v) is 12.6. The number of amides is 1. The second kappa shape index (κ2) is 7.80. The third-order valence-electron chi connectivity index (χ3n) is 2.91. The van der Waals surface area contributed by atoms with Gasteiger partial charge in [-0.05, 0) is 12.0 Å². The molecule has 112 valence electrons. The van der Waals surface area contributed by atoms with E-state index in [2.05, 4.69) is 10.2 Å². The van der Waals surface area contributed by atoms with Gasteiger partial charge in [0.05, 0.1) is 0 Å². The third kappa shape index (κ3) is 4.30. The van der Waals surface area contributed by atoms with Crippen LogP contribution in [0.15, 0.2) is 41.8 Å². The van der Waals surface area contributed by atoms with E-state index >= 15 is 0 Å². The van der Waals surface area contributed by atoms with Crippen molar-refractivity contribution in [1.82, 2.24) is 14.8 Å². The average Bonchev–Trinajstić information content (AvgIpc) is 2.93. The number of carbonyl (C=O) groups is 1. The molecule has 0 aliphatic rings. The molecule has 1 aromatic heterocycles. The van der Waals surface area contributed by atoms with Crippen molar-refractivity contribution in [2.45, 2.75) is 23.4 Å². The van der Waals surface area contributed by atoms with Crippen molar-refractivity contribution in [3.63, 3.8) is 0 Å². The van der Waals surface area contributed by atoms with E-state index < -0.39 is 11.2 Å². The molecule has 2 rings (SSSR count). The molecular weight excluding hydrogens is 288 g/mol. The van der Waals surface area contributed by atoms with E-state index in [0.29, 0.717) is 11.8 Å². The topological polar surface area (TPSA) is 83.0 Å². The predicted molar refractivity (Wildman–Crippen MR) is 80.7 cm³/mol. The van der Waals surface area contributed by atoms with Crippen molar-refractivity contribution in [3.8, 4) is 0 Å². The molecule has 21 heavy (non-hydrogen) atoms. The molecule has 7 heteroatoms. The quantitative estimate of drug-likeness (QED) is 0.592. The van der Waals surface area contributed by atoms with Crippen LogP contribution in [0.4, 0.5) is 0 Å². The summed E-state index contributed by atoms with van der Waals surface area (Å²) >= 11 is 1.32. The number of thioether (sulfide) groups is 1. The minimum Gasteiger partial charge on any atom is -0.385 e. The minimum atomic E-state index is -0.475. The standard InChI is InChI=1S/C14H18N4O2S/c1-20-9-5-8-18-10-16-17-14(18)21-12(13(15)19)11-6-3-2-4-7-11/h2-4,6-7,10,12H,5,8-9H2,1H3,(H2,15,19)/t12-/m0/s1.